The molecular formula is C6H7FLiO3P. The van der Waals surface area contributed by atoms with Crippen molar-refractivity contribution in [3.05, 3.63) is 36.4 Å². The van der Waals surface area contributed by atoms with Crippen LogP contribution < -0.4 is 18.9 Å². The van der Waals surface area contributed by atoms with Crippen LogP contribution in [0.4, 0.5) is 4.20 Å². The minimum atomic E-state index is -5.14. The summed E-state index contributed by atoms with van der Waals surface area (Å²) in [6.07, 6.45) is 0. The monoisotopic (exact) mass is 184 g/mol. The minimum Gasteiger partial charge on any atom is -0.299 e. The second-order valence-corrected chi connectivity index (χ2v) is 2.50. The van der Waals surface area contributed by atoms with Gasteiger partial charge in [-0.05, 0) is 0 Å². The van der Waals surface area contributed by atoms with E-state index in [1.807, 2.05) is 30.3 Å². The molecule has 0 heterocycles. The number of halogens is 1. The number of benzene rings is 1. The Kier molecular flexibility index (Phi) is 9.06. The normalized spacial score (nSPS) is 8.92. The van der Waals surface area contributed by atoms with Crippen molar-refractivity contribution >= 4 is 7.91 Å². The molecule has 0 radical (unpaired) electrons. The Hall–Kier alpha value is -0.103. The average Bonchev–Trinajstić information content (AvgIpc) is 1.88. The quantitative estimate of drug-likeness (QED) is 0.294. The van der Waals surface area contributed by atoms with E-state index in [0.29, 0.717) is 0 Å². The van der Waals surface area contributed by atoms with Gasteiger partial charge in [-0.15, -0.1) is 4.20 Å². The minimum absolute atomic E-state index is 0. The van der Waals surface area contributed by atoms with Crippen LogP contribution in [0.15, 0.2) is 30.3 Å². The molecule has 1 aromatic rings. The average molecular weight is 184 g/mol. The van der Waals surface area contributed by atoms with Gasteiger partial charge in [-0.3, -0.25) is 9.79 Å². The smallest absolute Gasteiger partial charge is 0.299 e. The number of rotatable bonds is 0. The fourth-order valence-corrected chi connectivity index (χ4v) is 0.342. The summed E-state index contributed by atoms with van der Waals surface area (Å²) in [4.78, 5) is 13.9. The molecular weight excluding hydrogens is 177 g/mol. The van der Waals surface area contributed by atoms with Gasteiger partial charge in [-0.2, -0.15) is 36.4 Å². The van der Waals surface area contributed by atoms with Crippen LogP contribution >= 0.6 is 7.91 Å². The Morgan fingerprint density at radius 2 is 1.50 bits per heavy atom. The van der Waals surface area contributed by atoms with Crippen LogP contribution in [0.3, 0.4) is 0 Å². The van der Waals surface area contributed by atoms with Gasteiger partial charge in [0.05, 0.1) is 0 Å². The summed E-state index contributed by atoms with van der Waals surface area (Å²) < 4.78 is 19.0. The Bertz CT molecular complexity index is 191. The van der Waals surface area contributed by atoms with Crippen molar-refractivity contribution in [3.8, 4) is 0 Å². The van der Waals surface area contributed by atoms with E-state index in [0.717, 1.165) is 0 Å². The molecule has 0 unspecified atom stereocenters. The van der Waals surface area contributed by atoms with Gasteiger partial charge in [0.2, 0.25) is 0 Å². The summed E-state index contributed by atoms with van der Waals surface area (Å²) in [5.41, 5.74) is 0. The molecule has 1 aromatic carbocycles. The fourth-order valence-electron chi connectivity index (χ4n) is 0.342. The third-order valence-electron chi connectivity index (χ3n) is 0.607. The van der Waals surface area contributed by atoms with Gasteiger partial charge in [-0.1, -0.05) is 0 Å². The van der Waals surface area contributed by atoms with Gasteiger partial charge < -0.3 is 0 Å². The van der Waals surface area contributed by atoms with Crippen molar-refractivity contribution in [3.63, 3.8) is 0 Å². The summed E-state index contributed by atoms with van der Waals surface area (Å²) in [7, 11) is -5.14. The topological polar surface area (TPSA) is 57.5 Å². The maximum atomic E-state index is 10.4. The van der Waals surface area contributed by atoms with Crippen LogP contribution in [0.2, 0.25) is 0 Å². The molecule has 1 rings (SSSR count). The van der Waals surface area contributed by atoms with E-state index in [9.17, 15) is 4.20 Å². The standard InChI is InChI=1S/C6H5.FH2O3P.Li/c1-2-4-6-5-3-1;1-5(2,3)4;/h1-5H;(H2,2,3,4);/q-1;;+1. The molecule has 0 saturated heterocycles. The summed E-state index contributed by atoms with van der Waals surface area (Å²) >= 11 is 0. The van der Waals surface area contributed by atoms with Crippen molar-refractivity contribution in [2.24, 2.45) is 0 Å². The maximum Gasteiger partial charge on any atom is 1.00 e. The van der Waals surface area contributed by atoms with Crippen molar-refractivity contribution < 1.29 is 37.4 Å². The summed E-state index contributed by atoms with van der Waals surface area (Å²) in [6.45, 7) is 0. The molecule has 12 heavy (non-hydrogen) atoms. The first-order valence-electron chi connectivity index (χ1n) is 2.66. The third-order valence-corrected chi connectivity index (χ3v) is 0.607. The van der Waals surface area contributed by atoms with Crippen LogP contribution in [-0.4, -0.2) is 9.79 Å². The largest absolute Gasteiger partial charge is 1.00 e. The molecule has 0 aliphatic carbocycles. The molecule has 0 atom stereocenters. The fraction of sp³-hybridized carbons (Fsp3) is 0. The molecule has 0 aliphatic heterocycles. The molecule has 3 nitrogen and oxygen atoms in total. The molecule has 0 saturated carbocycles. The van der Waals surface area contributed by atoms with E-state index in [2.05, 4.69) is 6.07 Å². The van der Waals surface area contributed by atoms with Gasteiger partial charge in [0, 0.05) is 0 Å². The number of hydrogen-bond acceptors (Lipinski definition) is 1. The first kappa shape index (κ1) is 14.4. The number of hydrogen-bond donors (Lipinski definition) is 2. The zero-order chi connectivity index (χ0) is 8.74. The Morgan fingerprint density at radius 3 is 1.58 bits per heavy atom. The van der Waals surface area contributed by atoms with Gasteiger partial charge >= 0.3 is 26.8 Å². The molecule has 0 spiro atoms. The summed E-state index contributed by atoms with van der Waals surface area (Å²) in [6, 6.07) is 12.5. The van der Waals surface area contributed by atoms with Crippen LogP contribution in [0.5, 0.6) is 0 Å². The van der Waals surface area contributed by atoms with E-state index in [-0.39, 0.29) is 18.9 Å². The summed E-state index contributed by atoms with van der Waals surface area (Å²) in [5, 5.41) is 0. The Morgan fingerprint density at radius 1 is 1.17 bits per heavy atom. The van der Waals surface area contributed by atoms with Gasteiger partial charge in [0.1, 0.15) is 0 Å². The molecule has 62 valence electrons. The molecule has 0 amide bonds. The van der Waals surface area contributed by atoms with E-state index in [1.54, 1.807) is 0 Å². The molecule has 2 N–H and O–H groups in total. The molecule has 0 fully saturated rings. The van der Waals surface area contributed by atoms with Crippen molar-refractivity contribution in [2.45, 2.75) is 0 Å². The van der Waals surface area contributed by atoms with Crippen LogP contribution in [0, 0.1) is 6.07 Å². The second kappa shape index (κ2) is 7.54. The van der Waals surface area contributed by atoms with Crippen LogP contribution in [0.25, 0.3) is 0 Å². The first-order valence-corrected chi connectivity index (χ1v) is 4.17. The van der Waals surface area contributed by atoms with Crippen molar-refractivity contribution in [1.82, 2.24) is 0 Å². The SMILES string of the molecule is O=P(O)(O)F.[Li+].[c-]1ccccc1. The predicted molar refractivity (Wildman–Crippen MR) is 38.4 cm³/mol. The predicted octanol–water partition coefficient (Wildman–Crippen LogP) is -1.46. The second-order valence-electron chi connectivity index (χ2n) is 1.55. The zero-order valence-electron chi connectivity index (χ0n) is 6.51. The van der Waals surface area contributed by atoms with E-state index in [4.69, 9.17) is 14.4 Å². The van der Waals surface area contributed by atoms with Gasteiger partial charge in [0.15, 0.2) is 0 Å². The Labute approximate surface area is 82.1 Å². The molecule has 0 bridgehead atoms. The van der Waals surface area contributed by atoms with Crippen molar-refractivity contribution in [2.75, 3.05) is 0 Å². The Balaban J connectivity index is 0. The summed E-state index contributed by atoms with van der Waals surface area (Å²) in [5.74, 6) is 0. The van der Waals surface area contributed by atoms with Gasteiger partial charge in [-0.25, -0.2) is 4.57 Å². The van der Waals surface area contributed by atoms with Crippen LogP contribution in [0.1, 0.15) is 0 Å². The maximum absolute atomic E-state index is 10.4. The first-order chi connectivity index (χ1) is 5.00. The van der Waals surface area contributed by atoms with Crippen LogP contribution in [-0.2, 0) is 4.57 Å². The van der Waals surface area contributed by atoms with E-state index in [1.165, 1.54) is 0 Å². The molecule has 6 heteroatoms. The molecule has 0 aliphatic rings. The van der Waals surface area contributed by atoms with Crippen molar-refractivity contribution in [1.29, 1.82) is 0 Å². The molecule has 0 aromatic heterocycles. The third kappa shape index (κ3) is 22.5. The van der Waals surface area contributed by atoms with E-state index >= 15 is 0 Å². The van der Waals surface area contributed by atoms with E-state index < -0.39 is 7.91 Å². The van der Waals surface area contributed by atoms with Gasteiger partial charge in [0.25, 0.3) is 0 Å². The zero-order valence-corrected chi connectivity index (χ0v) is 7.41.